The van der Waals surface area contributed by atoms with Crippen LogP contribution in [0.25, 0.3) is 0 Å². The Labute approximate surface area is 177 Å². The zero-order chi connectivity index (χ0) is 22.9. The lowest BCUT2D eigenvalue weighted by molar-refractivity contribution is -0.0500. The number of ether oxygens (including phenoxy) is 1. The second-order valence-electron chi connectivity index (χ2n) is 6.87. The number of hydrogen-bond donors (Lipinski definition) is 0. The molecule has 0 bridgehead atoms. The van der Waals surface area contributed by atoms with Gasteiger partial charge in [0.25, 0.3) is 0 Å². The van der Waals surface area contributed by atoms with Crippen LogP contribution in [0.4, 0.5) is 13.2 Å². The Morgan fingerprint density at radius 2 is 1.67 bits per heavy atom. The van der Waals surface area contributed by atoms with E-state index in [1.807, 2.05) is 26.8 Å². The number of esters is 1. The van der Waals surface area contributed by atoms with Gasteiger partial charge < -0.3 is 8.92 Å². The van der Waals surface area contributed by atoms with Crippen molar-refractivity contribution in [1.29, 1.82) is 0 Å². The molecule has 2 rings (SSSR count). The van der Waals surface area contributed by atoms with Gasteiger partial charge in [0.15, 0.2) is 0 Å². The van der Waals surface area contributed by atoms with Gasteiger partial charge in [0.05, 0.1) is 7.11 Å². The highest BCUT2D eigenvalue weighted by atomic mass is 32.2. The molecule has 30 heavy (non-hydrogen) atoms. The van der Waals surface area contributed by atoms with Crippen molar-refractivity contribution in [2.75, 3.05) is 7.11 Å². The number of halogens is 3. The summed E-state index contributed by atoms with van der Waals surface area (Å²) in [7, 11) is -4.44. The number of carbonyl (C=O) groups is 1. The number of carbonyl (C=O) groups excluding carboxylic acids is 1. The molecule has 1 aromatic carbocycles. The molecule has 0 aliphatic carbocycles. The Hall–Kier alpha value is -2.07. The second-order valence-corrected chi connectivity index (χ2v) is 9.46. The van der Waals surface area contributed by atoms with Crippen molar-refractivity contribution < 1.29 is 35.3 Å². The predicted octanol–water partition coefficient (Wildman–Crippen LogP) is 5.49. The molecular formula is C20H23F3O5S2. The fourth-order valence-electron chi connectivity index (χ4n) is 3.37. The van der Waals surface area contributed by atoms with E-state index in [0.717, 1.165) is 16.0 Å². The Kier molecular flexibility index (Phi) is 6.92. The molecule has 5 nitrogen and oxygen atoms in total. The van der Waals surface area contributed by atoms with Crippen LogP contribution in [0.2, 0.25) is 0 Å². The van der Waals surface area contributed by atoms with E-state index in [1.54, 1.807) is 12.1 Å². The van der Waals surface area contributed by atoms with Gasteiger partial charge in [-0.1, -0.05) is 26.0 Å². The molecule has 0 fully saturated rings. The first-order chi connectivity index (χ1) is 13.8. The fraction of sp³-hybridized carbons (Fsp3) is 0.450. The highest BCUT2D eigenvalue weighted by Crippen LogP contribution is 2.44. The fourth-order valence-corrected chi connectivity index (χ4v) is 5.33. The summed E-state index contributed by atoms with van der Waals surface area (Å²) in [5.74, 6) is -0.808. The van der Waals surface area contributed by atoms with E-state index in [2.05, 4.69) is 4.18 Å². The second kappa shape index (κ2) is 8.58. The van der Waals surface area contributed by atoms with Crippen molar-refractivity contribution in [3.8, 4) is 5.75 Å². The third-order valence-corrected chi connectivity index (χ3v) is 7.57. The molecule has 0 saturated carbocycles. The monoisotopic (exact) mass is 464 g/mol. The maximum Gasteiger partial charge on any atom is 0.534 e. The van der Waals surface area contributed by atoms with Crippen LogP contribution in [0, 0.1) is 13.8 Å². The van der Waals surface area contributed by atoms with Crippen molar-refractivity contribution in [2.45, 2.75) is 51.5 Å². The van der Waals surface area contributed by atoms with Crippen LogP contribution >= 0.6 is 11.3 Å². The van der Waals surface area contributed by atoms with Crippen LogP contribution in [0.1, 0.15) is 57.9 Å². The summed E-state index contributed by atoms with van der Waals surface area (Å²) >= 11 is 1.32. The predicted molar refractivity (Wildman–Crippen MR) is 109 cm³/mol. The number of thiophene rings is 1. The molecule has 0 amide bonds. The number of rotatable bonds is 7. The van der Waals surface area contributed by atoms with E-state index in [4.69, 9.17) is 4.74 Å². The molecular weight excluding hydrogens is 441 g/mol. The zero-order valence-corrected chi connectivity index (χ0v) is 18.8. The molecule has 0 aliphatic heterocycles. The van der Waals surface area contributed by atoms with Gasteiger partial charge in [0.2, 0.25) is 0 Å². The number of alkyl halides is 3. The van der Waals surface area contributed by atoms with Crippen LogP contribution in [0.5, 0.6) is 5.75 Å². The van der Waals surface area contributed by atoms with Gasteiger partial charge in [-0.05, 0) is 55.5 Å². The Morgan fingerprint density at radius 3 is 2.13 bits per heavy atom. The molecule has 2 aromatic rings. The van der Waals surface area contributed by atoms with Gasteiger partial charge in [-0.25, -0.2) is 4.79 Å². The van der Waals surface area contributed by atoms with Crippen molar-refractivity contribution in [3.63, 3.8) is 0 Å². The van der Waals surface area contributed by atoms with Crippen LogP contribution in [-0.2, 0) is 20.3 Å². The molecule has 1 aromatic heterocycles. The number of benzene rings is 1. The van der Waals surface area contributed by atoms with Crippen LogP contribution in [0.3, 0.4) is 0 Å². The lowest BCUT2D eigenvalue weighted by atomic mass is 9.74. The number of aryl methyl sites for hydroxylation is 2. The molecule has 0 aliphatic rings. The SMILES string of the molecule is CCC(CC)(c1ccc(OS(=O)(=O)C(F)(F)F)c(C)c1)c1cc(C)c(C(=O)OC)s1. The smallest absolute Gasteiger partial charge is 0.465 e. The maximum absolute atomic E-state index is 12.6. The molecule has 166 valence electrons. The summed E-state index contributed by atoms with van der Waals surface area (Å²) in [6.45, 7) is 7.25. The van der Waals surface area contributed by atoms with Gasteiger partial charge in [0.1, 0.15) is 10.6 Å². The molecule has 0 spiro atoms. The minimum atomic E-state index is -5.75. The van der Waals surface area contributed by atoms with E-state index in [0.29, 0.717) is 17.7 Å². The number of hydrogen-bond acceptors (Lipinski definition) is 6. The Morgan fingerprint density at radius 1 is 1.07 bits per heavy atom. The zero-order valence-electron chi connectivity index (χ0n) is 17.2. The van der Waals surface area contributed by atoms with E-state index in [1.165, 1.54) is 31.4 Å². The third kappa shape index (κ3) is 4.34. The van der Waals surface area contributed by atoms with Crippen molar-refractivity contribution in [3.05, 3.63) is 50.7 Å². The van der Waals surface area contributed by atoms with Crippen LogP contribution < -0.4 is 4.18 Å². The largest absolute Gasteiger partial charge is 0.534 e. The highest BCUT2D eigenvalue weighted by Gasteiger charge is 2.48. The van der Waals surface area contributed by atoms with Crippen molar-refractivity contribution in [1.82, 2.24) is 0 Å². The standard InChI is InChI=1S/C20H23F3O5S2/c1-6-19(7-2,16-11-13(4)17(29-16)18(24)27-5)14-8-9-15(12(3)10-14)28-30(25,26)20(21,22)23/h8-11H,6-7H2,1-5H3. The average Bonchev–Trinajstić information content (AvgIpc) is 3.05. The summed E-state index contributed by atoms with van der Waals surface area (Å²) in [4.78, 5) is 13.4. The molecule has 1 heterocycles. The van der Waals surface area contributed by atoms with E-state index in [9.17, 15) is 26.4 Å². The van der Waals surface area contributed by atoms with Gasteiger partial charge in [-0.3, -0.25) is 0 Å². The quantitative estimate of drug-likeness (QED) is 0.308. The topological polar surface area (TPSA) is 69.7 Å². The van der Waals surface area contributed by atoms with Crippen LogP contribution in [0.15, 0.2) is 24.3 Å². The third-order valence-electron chi connectivity index (χ3n) is 5.18. The van der Waals surface area contributed by atoms with Crippen LogP contribution in [-0.4, -0.2) is 27.0 Å². The summed E-state index contributed by atoms with van der Waals surface area (Å²) in [6, 6.07) is 6.34. The molecule has 0 atom stereocenters. The first-order valence-corrected chi connectivity index (χ1v) is 11.4. The minimum absolute atomic E-state index is 0.257. The van der Waals surface area contributed by atoms with Crippen molar-refractivity contribution >= 4 is 27.4 Å². The van der Waals surface area contributed by atoms with Crippen molar-refractivity contribution in [2.24, 2.45) is 0 Å². The van der Waals surface area contributed by atoms with Gasteiger partial charge in [0, 0.05) is 10.3 Å². The summed E-state index contributed by atoms with van der Waals surface area (Å²) in [6.07, 6.45) is 1.31. The first kappa shape index (κ1) is 24.2. The Balaban J connectivity index is 2.54. The molecule has 10 heteroatoms. The van der Waals surface area contributed by atoms with E-state index in [-0.39, 0.29) is 11.3 Å². The summed E-state index contributed by atoms with van der Waals surface area (Å²) < 4.78 is 69.7. The summed E-state index contributed by atoms with van der Waals surface area (Å²) in [5, 5.41) is 0. The molecule has 0 N–H and O–H groups in total. The lowest BCUT2D eigenvalue weighted by Crippen LogP contribution is -2.28. The molecule has 0 radical (unpaired) electrons. The van der Waals surface area contributed by atoms with Gasteiger partial charge >= 0.3 is 21.6 Å². The summed E-state index contributed by atoms with van der Waals surface area (Å²) in [5.41, 5.74) is -4.19. The number of methoxy groups -OCH3 is 1. The minimum Gasteiger partial charge on any atom is -0.465 e. The van der Waals surface area contributed by atoms with Gasteiger partial charge in [-0.2, -0.15) is 21.6 Å². The lowest BCUT2D eigenvalue weighted by Gasteiger charge is -2.32. The Bertz CT molecular complexity index is 1040. The average molecular weight is 465 g/mol. The normalized spacial score (nSPS) is 12.7. The maximum atomic E-state index is 12.6. The molecule has 0 unspecified atom stereocenters. The van der Waals surface area contributed by atoms with Gasteiger partial charge in [-0.15, -0.1) is 11.3 Å². The highest BCUT2D eigenvalue weighted by molar-refractivity contribution is 7.88. The first-order valence-electron chi connectivity index (χ1n) is 9.14. The van der Waals surface area contributed by atoms with E-state index < -0.39 is 27.0 Å². The molecule has 0 saturated heterocycles. The van der Waals surface area contributed by atoms with E-state index >= 15 is 0 Å².